The fourth-order valence-corrected chi connectivity index (χ4v) is 3.20. The lowest BCUT2D eigenvalue weighted by Crippen LogP contribution is -2.34. The molecule has 1 aliphatic carbocycles. The molecule has 1 aromatic rings. The van der Waals surface area contributed by atoms with Crippen molar-refractivity contribution in [2.75, 3.05) is 5.32 Å². The van der Waals surface area contributed by atoms with Gasteiger partial charge in [0.1, 0.15) is 5.00 Å². The second kappa shape index (κ2) is 7.41. The van der Waals surface area contributed by atoms with Gasteiger partial charge in [-0.1, -0.05) is 12.2 Å². The van der Waals surface area contributed by atoms with Crippen molar-refractivity contribution < 1.29 is 24.2 Å². The number of nitrogens with one attached hydrogen (secondary N) is 1. The summed E-state index contributed by atoms with van der Waals surface area (Å²) in [6.07, 6.45) is 4.04. The molecular weight excluding hydrogens is 318 g/mol. The van der Waals surface area contributed by atoms with Gasteiger partial charge in [0.2, 0.25) is 5.91 Å². The summed E-state index contributed by atoms with van der Waals surface area (Å²) in [6, 6.07) is 1.58. The predicted molar refractivity (Wildman–Crippen MR) is 86.5 cm³/mol. The highest BCUT2D eigenvalue weighted by molar-refractivity contribution is 7.14. The summed E-state index contributed by atoms with van der Waals surface area (Å²) in [7, 11) is 0. The Morgan fingerprint density at radius 2 is 1.91 bits per heavy atom. The van der Waals surface area contributed by atoms with Gasteiger partial charge in [0.25, 0.3) is 0 Å². The molecule has 0 saturated heterocycles. The average molecular weight is 337 g/mol. The van der Waals surface area contributed by atoms with Crippen LogP contribution in [0.5, 0.6) is 0 Å². The van der Waals surface area contributed by atoms with Crippen LogP contribution in [0, 0.1) is 11.8 Å². The highest BCUT2D eigenvalue weighted by Crippen LogP contribution is 2.30. The quantitative estimate of drug-likeness (QED) is 0.636. The molecule has 6 nitrogen and oxygen atoms in total. The summed E-state index contributed by atoms with van der Waals surface area (Å²) in [5, 5.41) is 14.0. The summed E-state index contributed by atoms with van der Waals surface area (Å²) in [4.78, 5) is 35.7. The molecule has 1 aromatic heterocycles. The molecule has 0 aliphatic heterocycles. The van der Waals surface area contributed by atoms with Crippen LogP contribution >= 0.6 is 11.3 Å². The molecule has 124 valence electrons. The number of ether oxygens (including phenoxy) is 1. The second-order valence-corrected chi connectivity index (χ2v) is 6.52. The number of esters is 1. The Balaban J connectivity index is 2.12. The number of carboxylic acids is 1. The maximum atomic E-state index is 12.4. The normalized spacial score (nSPS) is 20.3. The van der Waals surface area contributed by atoms with Gasteiger partial charge in [-0.3, -0.25) is 9.59 Å². The van der Waals surface area contributed by atoms with E-state index in [2.05, 4.69) is 5.32 Å². The van der Waals surface area contributed by atoms with Crippen LogP contribution in [0.3, 0.4) is 0 Å². The smallest absolute Gasteiger partial charge is 0.341 e. The summed E-state index contributed by atoms with van der Waals surface area (Å²) >= 11 is 1.21. The standard InChI is InChI=1S/C16H19NO5S/c1-9(2)22-16(21)12-7-8-23-14(12)17-13(18)10-5-3-4-6-11(10)15(19)20/h3-4,7-11H,5-6H2,1-2H3,(H,17,18)(H,19,20)/t10-,11+/m0/s1. The van der Waals surface area contributed by atoms with Gasteiger partial charge in [0.15, 0.2) is 0 Å². The molecule has 2 N–H and O–H groups in total. The molecule has 0 spiro atoms. The van der Waals surface area contributed by atoms with E-state index in [-0.39, 0.29) is 17.6 Å². The van der Waals surface area contributed by atoms with Gasteiger partial charge in [-0.25, -0.2) is 4.79 Å². The zero-order valence-electron chi connectivity index (χ0n) is 12.9. The molecule has 0 bridgehead atoms. The van der Waals surface area contributed by atoms with Gasteiger partial charge < -0.3 is 15.2 Å². The van der Waals surface area contributed by atoms with Crippen LogP contribution < -0.4 is 5.32 Å². The van der Waals surface area contributed by atoms with E-state index in [1.807, 2.05) is 6.08 Å². The molecule has 1 heterocycles. The van der Waals surface area contributed by atoms with Gasteiger partial charge in [-0.15, -0.1) is 11.3 Å². The molecule has 0 radical (unpaired) electrons. The summed E-state index contributed by atoms with van der Waals surface area (Å²) in [5.41, 5.74) is 0.287. The fourth-order valence-electron chi connectivity index (χ4n) is 2.43. The highest BCUT2D eigenvalue weighted by Gasteiger charge is 2.34. The Kier molecular flexibility index (Phi) is 5.54. The van der Waals surface area contributed by atoms with E-state index in [1.54, 1.807) is 31.4 Å². The molecule has 2 atom stereocenters. The Morgan fingerprint density at radius 3 is 2.52 bits per heavy atom. The van der Waals surface area contributed by atoms with Gasteiger partial charge in [-0.05, 0) is 38.1 Å². The number of hydrogen-bond donors (Lipinski definition) is 2. The molecule has 0 saturated carbocycles. The summed E-state index contributed by atoms with van der Waals surface area (Å²) in [5.74, 6) is -3.27. The molecule has 7 heteroatoms. The first-order valence-electron chi connectivity index (χ1n) is 7.37. The van der Waals surface area contributed by atoms with Crippen LogP contribution in [0.4, 0.5) is 5.00 Å². The number of carboxylic acid groups (broad SMARTS) is 1. The van der Waals surface area contributed by atoms with Crippen LogP contribution in [0.1, 0.15) is 37.0 Å². The van der Waals surface area contributed by atoms with Crippen molar-refractivity contribution in [1.29, 1.82) is 0 Å². The van der Waals surface area contributed by atoms with Crippen LogP contribution in [-0.4, -0.2) is 29.1 Å². The van der Waals surface area contributed by atoms with Crippen molar-refractivity contribution in [3.05, 3.63) is 29.2 Å². The van der Waals surface area contributed by atoms with Crippen molar-refractivity contribution in [2.24, 2.45) is 11.8 Å². The lowest BCUT2D eigenvalue weighted by molar-refractivity contribution is -0.146. The van der Waals surface area contributed by atoms with Crippen LogP contribution in [0.15, 0.2) is 23.6 Å². The molecule has 0 fully saturated rings. The minimum absolute atomic E-state index is 0.258. The number of carbonyl (C=O) groups excluding carboxylic acids is 2. The first-order chi connectivity index (χ1) is 10.9. The number of allylic oxidation sites excluding steroid dienone is 2. The van der Waals surface area contributed by atoms with Crippen molar-refractivity contribution in [3.63, 3.8) is 0 Å². The Labute approximate surface area is 138 Å². The first-order valence-corrected chi connectivity index (χ1v) is 8.25. The molecule has 0 aromatic carbocycles. The van der Waals surface area contributed by atoms with Crippen molar-refractivity contribution in [3.8, 4) is 0 Å². The fraction of sp³-hybridized carbons (Fsp3) is 0.438. The lowest BCUT2D eigenvalue weighted by Gasteiger charge is -2.24. The van der Waals surface area contributed by atoms with E-state index in [0.29, 0.717) is 17.8 Å². The van der Waals surface area contributed by atoms with Gasteiger partial charge in [0.05, 0.1) is 23.5 Å². The number of anilines is 1. The largest absolute Gasteiger partial charge is 0.481 e. The van der Waals surface area contributed by atoms with E-state index >= 15 is 0 Å². The van der Waals surface area contributed by atoms with Crippen molar-refractivity contribution in [1.82, 2.24) is 0 Å². The van der Waals surface area contributed by atoms with Crippen molar-refractivity contribution >= 4 is 34.2 Å². The monoisotopic (exact) mass is 337 g/mol. The van der Waals surface area contributed by atoms with Crippen LogP contribution in [0.25, 0.3) is 0 Å². The van der Waals surface area contributed by atoms with Gasteiger partial charge >= 0.3 is 11.9 Å². The minimum Gasteiger partial charge on any atom is -0.481 e. The molecular formula is C16H19NO5S. The lowest BCUT2D eigenvalue weighted by atomic mass is 9.82. The number of carbonyl (C=O) groups is 3. The second-order valence-electron chi connectivity index (χ2n) is 5.60. The van der Waals surface area contributed by atoms with Gasteiger partial charge in [-0.2, -0.15) is 0 Å². The Morgan fingerprint density at radius 1 is 1.26 bits per heavy atom. The Hall–Kier alpha value is -2.15. The maximum absolute atomic E-state index is 12.4. The molecule has 1 amide bonds. The highest BCUT2D eigenvalue weighted by atomic mass is 32.1. The van der Waals surface area contributed by atoms with Crippen LogP contribution in [0.2, 0.25) is 0 Å². The van der Waals surface area contributed by atoms with Gasteiger partial charge in [0, 0.05) is 0 Å². The zero-order valence-corrected chi connectivity index (χ0v) is 13.8. The number of amides is 1. The topological polar surface area (TPSA) is 92.7 Å². The molecule has 0 unspecified atom stereocenters. The van der Waals surface area contributed by atoms with E-state index < -0.39 is 23.8 Å². The molecule has 2 rings (SSSR count). The van der Waals surface area contributed by atoms with E-state index in [1.165, 1.54) is 11.3 Å². The number of thiophene rings is 1. The molecule has 23 heavy (non-hydrogen) atoms. The zero-order chi connectivity index (χ0) is 17.0. The third kappa shape index (κ3) is 4.19. The third-order valence-electron chi connectivity index (χ3n) is 3.55. The van der Waals surface area contributed by atoms with E-state index in [4.69, 9.17) is 4.74 Å². The minimum atomic E-state index is -0.986. The summed E-state index contributed by atoms with van der Waals surface area (Å²) < 4.78 is 5.13. The average Bonchev–Trinajstić information content (AvgIpc) is 2.94. The molecule has 1 aliphatic rings. The first kappa shape index (κ1) is 17.2. The predicted octanol–water partition coefficient (Wildman–Crippen LogP) is 2.92. The van der Waals surface area contributed by atoms with Crippen LogP contribution in [-0.2, 0) is 14.3 Å². The number of hydrogen-bond acceptors (Lipinski definition) is 5. The third-order valence-corrected chi connectivity index (χ3v) is 4.38. The maximum Gasteiger partial charge on any atom is 0.341 e. The van der Waals surface area contributed by atoms with Crippen molar-refractivity contribution in [2.45, 2.75) is 32.8 Å². The Bertz CT molecular complexity index is 634. The number of aliphatic carboxylic acids is 1. The van der Waals surface area contributed by atoms with E-state index in [0.717, 1.165) is 0 Å². The summed E-state index contributed by atoms with van der Waals surface area (Å²) in [6.45, 7) is 3.49. The number of rotatable bonds is 5. The SMILES string of the molecule is CC(C)OC(=O)c1ccsc1NC(=O)[C@H]1CC=CC[C@H]1C(=O)O. The van der Waals surface area contributed by atoms with E-state index in [9.17, 15) is 19.5 Å².